The Bertz CT molecular complexity index is 1580. The van der Waals surface area contributed by atoms with E-state index in [4.69, 9.17) is 14.0 Å². The second-order valence-electron chi connectivity index (χ2n) is 7.67. The highest BCUT2D eigenvalue weighted by Gasteiger charge is 2.22. The van der Waals surface area contributed by atoms with Gasteiger partial charge in [0.2, 0.25) is 0 Å². The van der Waals surface area contributed by atoms with Crippen molar-refractivity contribution in [1.29, 1.82) is 0 Å². The minimum Gasteiger partial charge on any atom is -0.493 e. The number of fused-ring (bicyclic) bond motifs is 2. The summed E-state index contributed by atoms with van der Waals surface area (Å²) in [6, 6.07) is 17.7. The number of carbonyl (C=O) groups excluding carboxylic acids is 1. The van der Waals surface area contributed by atoms with Gasteiger partial charge in [0.05, 0.1) is 25.0 Å². The Hall–Kier alpha value is -4.39. The zero-order chi connectivity index (χ0) is 23.1. The van der Waals surface area contributed by atoms with E-state index in [1.165, 1.54) is 25.0 Å². The van der Waals surface area contributed by atoms with Crippen molar-refractivity contribution < 1.29 is 18.8 Å². The Morgan fingerprint density at radius 2 is 1.61 bits per heavy atom. The zero-order valence-corrected chi connectivity index (χ0v) is 18.3. The molecule has 0 bridgehead atoms. The van der Waals surface area contributed by atoms with Crippen molar-refractivity contribution in [2.24, 2.45) is 0 Å². The Morgan fingerprint density at radius 1 is 0.909 bits per heavy atom. The summed E-state index contributed by atoms with van der Waals surface area (Å²) in [5, 5.41) is 5.59. The van der Waals surface area contributed by atoms with Gasteiger partial charge in [0, 0.05) is 22.7 Å². The van der Waals surface area contributed by atoms with Gasteiger partial charge in [0.15, 0.2) is 28.7 Å². The summed E-state index contributed by atoms with van der Waals surface area (Å²) < 4.78 is 17.6. The molecule has 0 aliphatic rings. The van der Waals surface area contributed by atoms with Crippen molar-refractivity contribution >= 4 is 27.5 Å². The number of pyridine rings is 1. The number of hydrogen-bond acceptors (Lipinski definition) is 6. The highest BCUT2D eigenvalue weighted by Crippen LogP contribution is 2.34. The van der Waals surface area contributed by atoms with E-state index in [9.17, 15) is 9.59 Å². The van der Waals surface area contributed by atoms with Gasteiger partial charge >= 0.3 is 0 Å². The molecule has 0 atom stereocenters. The molecule has 0 saturated heterocycles. The summed E-state index contributed by atoms with van der Waals surface area (Å²) in [6.07, 6.45) is 1.52. The molecule has 0 unspecified atom stereocenters. The van der Waals surface area contributed by atoms with E-state index in [1.54, 1.807) is 42.5 Å². The van der Waals surface area contributed by atoms with Gasteiger partial charge in [-0.1, -0.05) is 47.1 Å². The van der Waals surface area contributed by atoms with E-state index in [0.29, 0.717) is 50.2 Å². The van der Waals surface area contributed by atoms with Crippen LogP contribution >= 0.6 is 0 Å². The first-order valence-electron chi connectivity index (χ1n) is 10.3. The molecule has 0 spiro atoms. The molecule has 7 nitrogen and oxygen atoms in total. The number of ketones is 1. The van der Waals surface area contributed by atoms with E-state index < -0.39 is 0 Å². The first-order chi connectivity index (χ1) is 16.0. The van der Waals surface area contributed by atoms with Crippen molar-refractivity contribution in [3.8, 4) is 17.3 Å². The van der Waals surface area contributed by atoms with Crippen molar-refractivity contribution in [1.82, 2.24) is 9.72 Å². The van der Waals surface area contributed by atoms with Crippen molar-refractivity contribution in [3.05, 3.63) is 93.9 Å². The molecule has 0 radical (unpaired) electrons. The van der Waals surface area contributed by atoms with Crippen LogP contribution in [0.5, 0.6) is 11.5 Å². The molecule has 0 saturated carbocycles. The first-order valence-corrected chi connectivity index (χ1v) is 10.3. The lowest BCUT2D eigenvalue weighted by molar-refractivity contribution is 0.103. The van der Waals surface area contributed by atoms with Crippen molar-refractivity contribution in [3.63, 3.8) is 0 Å². The highest BCUT2D eigenvalue weighted by atomic mass is 16.5. The highest BCUT2D eigenvalue weighted by molar-refractivity contribution is 6.16. The minimum absolute atomic E-state index is 0.231. The van der Waals surface area contributed by atoms with Crippen LogP contribution in [-0.4, -0.2) is 29.7 Å². The molecule has 0 aliphatic carbocycles. The fraction of sp³-hybridized carbons (Fsp3) is 0.115. The third-order valence-corrected chi connectivity index (χ3v) is 5.64. The number of methoxy groups -OCH3 is 2. The number of carbonyl (C=O) groups is 1. The molecule has 164 valence electrons. The van der Waals surface area contributed by atoms with Crippen LogP contribution in [0.1, 0.15) is 21.5 Å². The van der Waals surface area contributed by atoms with E-state index >= 15 is 0 Å². The van der Waals surface area contributed by atoms with Gasteiger partial charge in [-0.05, 0) is 31.2 Å². The van der Waals surface area contributed by atoms with Crippen LogP contribution < -0.4 is 15.0 Å². The average molecular weight is 440 g/mol. The maximum Gasteiger partial charge on any atom is 0.264 e. The van der Waals surface area contributed by atoms with Gasteiger partial charge in [0.1, 0.15) is 0 Å². The lowest BCUT2D eigenvalue weighted by atomic mass is 9.98. The summed E-state index contributed by atoms with van der Waals surface area (Å²) >= 11 is 0. The van der Waals surface area contributed by atoms with E-state index in [-0.39, 0.29) is 11.3 Å². The van der Waals surface area contributed by atoms with Crippen LogP contribution in [0.3, 0.4) is 0 Å². The molecular formula is C26H20N2O5. The van der Waals surface area contributed by atoms with E-state index in [1.807, 2.05) is 25.1 Å². The Morgan fingerprint density at radius 3 is 2.30 bits per heavy atom. The number of rotatable bonds is 5. The number of ether oxygens (including phenoxy) is 2. The predicted octanol–water partition coefficient (Wildman–Crippen LogP) is 4.69. The third kappa shape index (κ3) is 3.34. The zero-order valence-electron chi connectivity index (χ0n) is 18.3. The molecule has 5 rings (SSSR count). The van der Waals surface area contributed by atoms with Crippen molar-refractivity contribution in [2.75, 3.05) is 14.2 Å². The molecule has 33 heavy (non-hydrogen) atoms. The molecule has 7 heteroatoms. The Labute approximate surface area is 188 Å². The minimum atomic E-state index is -0.354. The average Bonchev–Trinajstić information content (AvgIpc) is 3.26. The molecule has 3 aromatic carbocycles. The van der Waals surface area contributed by atoms with Crippen LogP contribution in [0.4, 0.5) is 0 Å². The summed E-state index contributed by atoms with van der Waals surface area (Å²) in [5.74, 6) is 0.897. The maximum atomic E-state index is 13.6. The van der Waals surface area contributed by atoms with Gasteiger partial charge in [0.25, 0.3) is 5.56 Å². The van der Waals surface area contributed by atoms with Gasteiger partial charge in [-0.25, -0.2) is 0 Å². The van der Waals surface area contributed by atoms with Crippen LogP contribution in [0, 0.1) is 6.92 Å². The molecule has 0 amide bonds. The van der Waals surface area contributed by atoms with E-state index in [2.05, 4.69) is 5.16 Å². The number of aryl methyl sites for hydroxylation is 1. The normalized spacial score (nSPS) is 11.1. The summed E-state index contributed by atoms with van der Waals surface area (Å²) in [4.78, 5) is 27.1. The SMILES string of the molecule is COc1cc2c(C(=O)c3ccccc3)cn(-c3noc4ccc(C)cc34)c(=O)c2cc1OC. The van der Waals surface area contributed by atoms with Crippen LogP contribution in [0.25, 0.3) is 27.6 Å². The number of nitrogens with zero attached hydrogens (tertiary/aromatic N) is 2. The topological polar surface area (TPSA) is 83.6 Å². The van der Waals surface area contributed by atoms with E-state index in [0.717, 1.165) is 5.56 Å². The quantitative estimate of drug-likeness (QED) is 0.369. The number of aromatic nitrogens is 2. The molecule has 5 aromatic rings. The second kappa shape index (κ2) is 7.94. The Balaban J connectivity index is 1.87. The smallest absolute Gasteiger partial charge is 0.264 e. The summed E-state index contributed by atoms with van der Waals surface area (Å²) in [5.41, 5.74) is 2.02. The lowest BCUT2D eigenvalue weighted by Crippen LogP contribution is -2.21. The predicted molar refractivity (Wildman–Crippen MR) is 125 cm³/mol. The second-order valence-corrected chi connectivity index (χ2v) is 7.67. The molecule has 2 heterocycles. The number of hydrogen-bond donors (Lipinski definition) is 0. The maximum absolute atomic E-state index is 13.6. The van der Waals surface area contributed by atoms with Gasteiger partial charge < -0.3 is 14.0 Å². The van der Waals surface area contributed by atoms with Gasteiger partial charge in [-0.3, -0.25) is 14.2 Å². The van der Waals surface area contributed by atoms with Crippen molar-refractivity contribution in [2.45, 2.75) is 6.92 Å². The van der Waals surface area contributed by atoms with Crippen LogP contribution in [-0.2, 0) is 0 Å². The van der Waals surface area contributed by atoms with Crippen LogP contribution in [0.15, 0.2) is 76.2 Å². The molecule has 0 aliphatic heterocycles. The monoisotopic (exact) mass is 440 g/mol. The van der Waals surface area contributed by atoms with Crippen LogP contribution in [0.2, 0.25) is 0 Å². The fourth-order valence-corrected chi connectivity index (χ4v) is 3.96. The third-order valence-electron chi connectivity index (χ3n) is 5.64. The van der Waals surface area contributed by atoms with Gasteiger partial charge in [-0.15, -0.1) is 0 Å². The Kier molecular flexibility index (Phi) is 4.94. The standard InChI is InChI=1S/C26H20N2O5/c1-15-9-10-21-19(11-15)25(27-33-21)28-14-20(24(29)16-7-5-4-6-8-16)17-12-22(31-2)23(32-3)13-18(17)26(28)30/h4-14H,1-3H3. The van der Waals surface area contributed by atoms with Gasteiger partial charge in [-0.2, -0.15) is 0 Å². The molecule has 0 fully saturated rings. The summed E-state index contributed by atoms with van der Waals surface area (Å²) in [7, 11) is 3.00. The number of benzene rings is 3. The molecular weight excluding hydrogens is 420 g/mol. The molecule has 2 aromatic heterocycles. The first kappa shape index (κ1) is 20.5. The largest absolute Gasteiger partial charge is 0.493 e. The lowest BCUT2D eigenvalue weighted by Gasteiger charge is -2.14. The fourth-order valence-electron chi connectivity index (χ4n) is 3.96. The molecule has 0 N–H and O–H groups in total. The summed E-state index contributed by atoms with van der Waals surface area (Å²) in [6.45, 7) is 1.95.